The number of unbranched alkanes of at least 4 members (excludes halogenated alkanes) is 3. The highest BCUT2D eigenvalue weighted by atomic mass is 28.3. The highest BCUT2D eigenvalue weighted by Gasteiger charge is 2.17. The number of rotatable bonds is 6. The highest BCUT2D eigenvalue weighted by Crippen LogP contribution is 2.16. The van der Waals surface area contributed by atoms with Gasteiger partial charge in [-0.1, -0.05) is 51.7 Å². The number of hydrogen-bond donors (Lipinski definition) is 0. The van der Waals surface area contributed by atoms with Crippen molar-refractivity contribution in [2.75, 3.05) is 0 Å². The summed E-state index contributed by atoms with van der Waals surface area (Å²) in [7, 11) is -1.54. The Balaban J connectivity index is 3.54. The Labute approximate surface area is 75.9 Å². The second-order valence-corrected chi connectivity index (χ2v) is 8.14. The van der Waals surface area contributed by atoms with Gasteiger partial charge in [0, 0.05) is 0 Å². The van der Waals surface area contributed by atoms with Crippen molar-refractivity contribution in [3.8, 4) is 0 Å². The maximum absolute atomic E-state index is 8.30. The van der Waals surface area contributed by atoms with Gasteiger partial charge in [-0.25, -0.2) is 0 Å². The van der Waals surface area contributed by atoms with Crippen molar-refractivity contribution < 1.29 is 0 Å². The summed E-state index contributed by atoms with van der Waals surface area (Å²) < 4.78 is 3.87. The third kappa shape index (κ3) is 6.25. The topological polar surface area (TPSA) is 48.8 Å². The van der Waals surface area contributed by atoms with E-state index >= 15 is 0 Å². The smallest absolute Gasteiger partial charge is 0.124 e. The highest BCUT2D eigenvalue weighted by molar-refractivity contribution is 6.75. The molecule has 0 aromatic rings. The van der Waals surface area contributed by atoms with Gasteiger partial charge in [-0.2, -0.15) is 0 Å². The van der Waals surface area contributed by atoms with E-state index < -0.39 is 8.24 Å². The van der Waals surface area contributed by atoms with Crippen LogP contribution in [0.1, 0.15) is 32.6 Å². The first-order valence-corrected chi connectivity index (χ1v) is 7.84. The molecule has 0 bridgehead atoms. The number of nitrogens with zero attached hydrogens (tertiary/aromatic N) is 3. The normalized spacial score (nSPS) is 10.9. The lowest BCUT2D eigenvalue weighted by Gasteiger charge is -2.13. The SMILES string of the molecule is CCCCCC[Si](C)(C)N=[N+]=[N-]. The molecule has 0 radical (unpaired) electrons. The van der Waals surface area contributed by atoms with Gasteiger partial charge in [0.05, 0.1) is 0 Å². The molecule has 0 aliphatic heterocycles. The second kappa shape index (κ2) is 6.09. The Bertz CT molecular complexity index is 162. The van der Waals surface area contributed by atoms with Crippen LogP contribution in [0.3, 0.4) is 0 Å². The van der Waals surface area contributed by atoms with Gasteiger partial charge in [0.2, 0.25) is 0 Å². The third-order valence-electron chi connectivity index (χ3n) is 1.96. The van der Waals surface area contributed by atoms with Gasteiger partial charge in [0.25, 0.3) is 0 Å². The van der Waals surface area contributed by atoms with Gasteiger partial charge in [0.1, 0.15) is 8.24 Å². The largest absolute Gasteiger partial charge is 0.149 e. The zero-order chi connectivity index (χ0) is 9.45. The summed E-state index contributed by atoms with van der Waals surface area (Å²) in [6.07, 6.45) is 5.09. The Morgan fingerprint density at radius 1 is 1.25 bits per heavy atom. The van der Waals surface area contributed by atoms with E-state index in [0.29, 0.717) is 0 Å². The van der Waals surface area contributed by atoms with Gasteiger partial charge in [0.15, 0.2) is 0 Å². The van der Waals surface area contributed by atoms with Crippen molar-refractivity contribution in [2.45, 2.75) is 51.7 Å². The van der Waals surface area contributed by atoms with Crippen LogP contribution in [0, 0.1) is 0 Å². The van der Waals surface area contributed by atoms with Crippen LogP contribution in [0.5, 0.6) is 0 Å². The van der Waals surface area contributed by atoms with Crippen LogP contribution in [0.25, 0.3) is 10.4 Å². The van der Waals surface area contributed by atoms with E-state index in [0.717, 1.165) is 6.04 Å². The molecule has 0 atom stereocenters. The standard InChI is InChI=1S/C8H19N3Si/c1-4-5-6-7-8-12(2,3)11-10-9/h4-8H2,1-3H3. The number of azide groups is 1. The van der Waals surface area contributed by atoms with Gasteiger partial charge in [-0.05, 0) is 10.4 Å². The minimum Gasteiger partial charge on any atom is -0.124 e. The molecule has 0 aliphatic rings. The first-order valence-electron chi connectivity index (χ1n) is 4.68. The molecular formula is C8H19N3Si. The third-order valence-corrected chi connectivity index (χ3v) is 4.17. The Morgan fingerprint density at radius 3 is 2.42 bits per heavy atom. The Hall–Kier alpha value is -0.473. The molecule has 0 aromatic carbocycles. The second-order valence-electron chi connectivity index (χ2n) is 3.81. The molecule has 0 heterocycles. The Kier molecular flexibility index (Phi) is 5.85. The average molecular weight is 185 g/mol. The van der Waals surface area contributed by atoms with Gasteiger partial charge in [-0.3, -0.25) is 0 Å². The van der Waals surface area contributed by atoms with E-state index in [1.54, 1.807) is 0 Å². The molecule has 0 fully saturated rings. The molecule has 3 nitrogen and oxygen atoms in total. The molecule has 0 aliphatic carbocycles. The van der Waals surface area contributed by atoms with Crippen LogP contribution >= 0.6 is 0 Å². The van der Waals surface area contributed by atoms with Crippen LogP contribution in [0.4, 0.5) is 0 Å². The lowest BCUT2D eigenvalue weighted by Crippen LogP contribution is -2.20. The maximum atomic E-state index is 8.30. The molecule has 12 heavy (non-hydrogen) atoms. The minimum absolute atomic E-state index is 1.14. The van der Waals surface area contributed by atoms with Crippen LogP contribution in [-0.2, 0) is 0 Å². The zero-order valence-electron chi connectivity index (χ0n) is 8.38. The van der Waals surface area contributed by atoms with Crippen molar-refractivity contribution >= 4 is 8.24 Å². The minimum atomic E-state index is -1.54. The molecule has 70 valence electrons. The van der Waals surface area contributed by atoms with Crippen molar-refractivity contribution in [1.82, 2.24) is 0 Å². The first-order chi connectivity index (χ1) is 5.62. The van der Waals surface area contributed by atoms with Crippen LogP contribution in [-0.4, -0.2) is 8.24 Å². The summed E-state index contributed by atoms with van der Waals surface area (Å²) in [5.74, 6) is 0. The van der Waals surface area contributed by atoms with Crippen LogP contribution in [0.15, 0.2) is 4.78 Å². The number of hydrogen-bond acceptors (Lipinski definition) is 1. The van der Waals surface area contributed by atoms with E-state index in [1.165, 1.54) is 25.7 Å². The molecule has 0 N–H and O–H groups in total. The molecular weight excluding hydrogens is 166 g/mol. The van der Waals surface area contributed by atoms with Crippen molar-refractivity contribution in [1.29, 1.82) is 0 Å². The molecule has 0 aromatic heterocycles. The van der Waals surface area contributed by atoms with Gasteiger partial charge < -0.3 is 0 Å². The predicted octanol–water partition coefficient (Wildman–Crippen LogP) is 4.08. The van der Waals surface area contributed by atoms with E-state index in [2.05, 4.69) is 29.7 Å². The van der Waals surface area contributed by atoms with E-state index in [9.17, 15) is 0 Å². The van der Waals surface area contributed by atoms with Crippen LogP contribution < -0.4 is 0 Å². The fourth-order valence-corrected chi connectivity index (χ4v) is 2.61. The van der Waals surface area contributed by atoms with Crippen molar-refractivity contribution in [2.24, 2.45) is 4.78 Å². The summed E-state index contributed by atoms with van der Waals surface area (Å²) in [6, 6.07) is 1.14. The lowest BCUT2D eigenvalue weighted by atomic mass is 10.2. The van der Waals surface area contributed by atoms with Crippen molar-refractivity contribution in [3.63, 3.8) is 0 Å². The molecule has 0 saturated heterocycles. The molecule has 4 heteroatoms. The molecule has 0 unspecified atom stereocenters. The van der Waals surface area contributed by atoms with E-state index in [-0.39, 0.29) is 0 Å². The van der Waals surface area contributed by atoms with Crippen molar-refractivity contribution in [3.05, 3.63) is 10.4 Å². The maximum Gasteiger partial charge on any atom is 0.149 e. The quantitative estimate of drug-likeness (QED) is 0.197. The summed E-state index contributed by atoms with van der Waals surface area (Å²) in [5.41, 5.74) is 8.30. The Morgan fingerprint density at radius 2 is 1.92 bits per heavy atom. The van der Waals surface area contributed by atoms with E-state index in [4.69, 9.17) is 5.53 Å². The average Bonchev–Trinajstić information content (AvgIpc) is 1.98. The zero-order valence-corrected chi connectivity index (χ0v) is 9.38. The van der Waals surface area contributed by atoms with E-state index in [1.807, 2.05) is 0 Å². The monoisotopic (exact) mass is 185 g/mol. The summed E-state index contributed by atoms with van der Waals surface area (Å²) in [4.78, 5) is 2.89. The molecule has 0 amide bonds. The molecule has 0 rings (SSSR count). The van der Waals surface area contributed by atoms with Crippen LogP contribution in [0.2, 0.25) is 19.1 Å². The lowest BCUT2D eigenvalue weighted by molar-refractivity contribution is 0.696. The van der Waals surface area contributed by atoms with Gasteiger partial charge in [-0.15, -0.1) is 4.78 Å². The predicted molar refractivity (Wildman–Crippen MR) is 55.6 cm³/mol. The fraction of sp³-hybridized carbons (Fsp3) is 1.00. The van der Waals surface area contributed by atoms with Gasteiger partial charge >= 0.3 is 0 Å². The first kappa shape index (κ1) is 11.5. The molecule has 0 saturated carbocycles. The fourth-order valence-electron chi connectivity index (χ4n) is 1.16. The molecule has 0 spiro atoms. The summed E-state index contributed by atoms with van der Waals surface area (Å²) >= 11 is 0. The summed E-state index contributed by atoms with van der Waals surface area (Å²) in [5, 5.41) is 0. The summed E-state index contributed by atoms with van der Waals surface area (Å²) in [6.45, 7) is 6.45.